The Morgan fingerprint density at radius 2 is 2.24 bits per heavy atom. The van der Waals surface area contributed by atoms with E-state index in [1.165, 1.54) is 6.20 Å². The van der Waals surface area contributed by atoms with Crippen molar-refractivity contribution < 1.29 is 4.79 Å². The summed E-state index contributed by atoms with van der Waals surface area (Å²) in [5.74, 6) is 0.0362. The minimum absolute atomic E-state index is 0.0362. The van der Waals surface area contributed by atoms with Crippen LogP contribution in [0.3, 0.4) is 0 Å². The first kappa shape index (κ1) is 12.3. The van der Waals surface area contributed by atoms with Gasteiger partial charge in [-0.25, -0.2) is 4.98 Å². The third-order valence-electron chi connectivity index (χ3n) is 3.22. The largest absolute Gasteiger partial charge is 0.336 e. The number of hydrogen-bond acceptors (Lipinski definition) is 3. The molecule has 92 valence electrons. The van der Waals surface area contributed by atoms with Crippen LogP contribution in [0.25, 0.3) is 0 Å². The van der Waals surface area contributed by atoms with E-state index in [0.717, 1.165) is 19.6 Å². The normalized spacial score (nSPS) is 21.6. The quantitative estimate of drug-likeness (QED) is 0.712. The lowest BCUT2D eigenvalue weighted by Gasteiger charge is -2.37. The molecule has 1 aromatic rings. The molecule has 0 aliphatic carbocycles. The molecule has 0 N–H and O–H groups in total. The lowest BCUT2D eigenvalue weighted by atomic mass is 10.1. The number of nitrogens with zero attached hydrogens (tertiary/aromatic N) is 3. The number of halogens is 1. The van der Waals surface area contributed by atoms with E-state index in [1.807, 2.05) is 4.90 Å². The summed E-state index contributed by atoms with van der Waals surface area (Å²) in [4.78, 5) is 20.2. The van der Waals surface area contributed by atoms with Crippen LogP contribution in [-0.4, -0.2) is 53.4 Å². The maximum atomic E-state index is 12.2. The molecule has 0 saturated carbocycles. The highest BCUT2D eigenvalue weighted by Gasteiger charge is 2.25. The van der Waals surface area contributed by atoms with E-state index in [-0.39, 0.29) is 5.91 Å². The average Bonchev–Trinajstić information content (AvgIpc) is 2.33. The van der Waals surface area contributed by atoms with Crippen molar-refractivity contribution in [2.75, 3.05) is 26.7 Å². The Labute approximate surface area is 106 Å². The van der Waals surface area contributed by atoms with Gasteiger partial charge in [-0.1, -0.05) is 11.6 Å². The highest BCUT2D eigenvalue weighted by atomic mass is 35.5. The maximum Gasteiger partial charge on any atom is 0.255 e. The summed E-state index contributed by atoms with van der Waals surface area (Å²) < 4.78 is 0. The molecule has 1 aliphatic rings. The maximum absolute atomic E-state index is 12.2. The summed E-state index contributed by atoms with van der Waals surface area (Å²) in [6.45, 7) is 4.56. The van der Waals surface area contributed by atoms with E-state index in [9.17, 15) is 4.79 Å². The smallest absolute Gasteiger partial charge is 0.255 e. The van der Waals surface area contributed by atoms with Gasteiger partial charge in [-0.15, -0.1) is 0 Å². The number of rotatable bonds is 1. The van der Waals surface area contributed by atoms with Crippen LogP contribution >= 0.6 is 11.6 Å². The molecular formula is C12H16ClN3O. The van der Waals surface area contributed by atoms with Gasteiger partial charge in [0.2, 0.25) is 0 Å². The van der Waals surface area contributed by atoms with Gasteiger partial charge in [0, 0.05) is 31.9 Å². The van der Waals surface area contributed by atoms with Crippen LogP contribution < -0.4 is 0 Å². The van der Waals surface area contributed by atoms with E-state index in [2.05, 4.69) is 23.9 Å². The van der Waals surface area contributed by atoms with Crippen LogP contribution in [0.15, 0.2) is 18.3 Å². The molecule has 2 heterocycles. The molecule has 1 unspecified atom stereocenters. The summed E-state index contributed by atoms with van der Waals surface area (Å²) in [5, 5.41) is 0.410. The fourth-order valence-corrected chi connectivity index (χ4v) is 2.03. The van der Waals surface area contributed by atoms with E-state index in [0.29, 0.717) is 16.8 Å². The molecule has 2 rings (SSSR count). The molecule has 1 saturated heterocycles. The predicted octanol–water partition coefficient (Wildman–Crippen LogP) is 1.51. The second kappa shape index (κ2) is 5.02. The zero-order chi connectivity index (χ0) is 12.4. The number of hydrogen-bond donors (Lipinski definition) is 0. The Balaban J connectivity index is 2.08. The van der Waals surface area contributed by atoms with Gasteiger partial charge < -0.3 is 9.80 Å². The number of piperazine rings is 1. The van der Waals surface area contributed by atoms with Gasteiger partial charge >= 0.3 is 0 Å². The second-order valence-electron chi connectivity index (χ2n) is 4.45. The molecule has 1 aliphatic heterocycles. The van der Waals surface area contributed by atoms with Gasteiger partial charge in [0.25, 0.3) is 5.91 Å². The molecule has 0 bridgehead atoms. The van der Waals surface area contributed by atoms with Crippen molar-refractivity contribution in [3.63, 3.8) is 0 Å². The summed E-state index contributed by atoms with van der Waals surface area (Å²) in [6, 6.07) is 3.77. The van der Waals surface area contributed by atoms with Crippen LogP contribution in [0.2, 0.25) is 5.15 Å². The van der Waals surface area contributed by atoms with Gasteiger partial charge in [-0.05, 0) is 26.1 Å². The Hall–Kier alpha value is -1.13. The zero-order valence-electron chi connectivity index (χ0n) is 10.1. The highest BCUT2D eigenvalue weighted by molar-refractivity contribution is 6.29. The molecule has 0 aromatic carbocycles. The Morgan fingerprint density at radius 3 is 2.82 bits per heavy atom. The van der Waals surface area contributed by atoms with Crippen LogP contribution in [-0.2, 0) is 0 Å². The van der Waals surface area contributed by atoms with E-state index < -0.39 is 0 Å². The summed E-state index contributed by atoms with van der Waals surface area (Å²) in [7, 11) is 2.08. The first-order valence-corrected chi connectivity index (χ1v) is 6.07. The lowest BCUT2D eigenvalue weighted by Crippen LogP contribution is -2.52. The Kier molecular flexibility index (Phi) is 3.64. The Morgan fingerprint density at radius 1 is 1.47 bits per heavy atom. The molecule has 1 amide bonds. The molecule has 17 heavy (non-hydrogen) atoms. The van der Waals surface area contributed by atoms with Gasteiger partial charge in [-0.3, -0.25) is 4.79 Å². The number of pyridine rings is 1. The number of aromatic nitrogens is 1. The summed E-state index contributed by atoms with van der Waals surface area (Å²) in [5.41, 5.74) is 0.603. The topological polar surface area (TPSA) is 36.4 Å². The van der Waals surface area contributed by atoms with E-state index >= 15 is 0 Å². The zero-order valence-corrected chi connectivity index (χ0v) is 10.8. The molecular weight excluding hydrogens is 238 g/mol. The van der Waals surface area contributed by atoms with Crippen molar-refractivity contribution >= 4 is 17.5 Å². The fourth-order valence-electron chi connectivity index (χ4n) is 1.92. The molecule has 5 heteroatoms. The SMILES string of the molecule is CC1CN(C(=O)c2ccc(Cl)nc2)CCN1C. The molecule has 4 nitrogen and oxygen atoms in total. The lowest BCUT2D eigenvalue weighted by molar-refractivity contribution is 0.0572. The van der Waals surface area contributed by atoms with Crippen LogP contribution in [0, 0.1) is 0 Å². The van der Waals surface area contributed by atoms with Crippen molar-refractivity contribution in [3.8, 4) is 0 Å². The van der Waals surface area contributed by atoms with Gasteiger partial charge in [0.05, 0.1) is 5.56 Å². The van der Waals surface area contributed by atoms with Crippen molar-refractivity contribution in [1.82, 2.24) is 14.8 Å². The van der Waals surface area contributed by atoms with Crippen LogP contribution in [0.1, 0.15) is 17.3 Å². The van der Waals surface area contributed by atoms with E-state index in [1.54, 1.807) is 12.1 Å². The molecule has 1 aromatic heterocycles. The van der Waals surface area contributed by atoms with Gasteiger partial charge in [0.15, 0.2) is 0 Å². The fraction of sp³-hybridized carbons (Fsp3) is 0.500. The second-order valence-corrected chi connectivity index (χ2v) is 4.84. The van der Waals surface area contributed by atoms with Crippen molar-refractivity contribution in [2.45, 2.75) is 13.0 Å². The Bertz CT molecular complexity index is 407. The van der Waals surface area contributed by atoms with Crippen LogP contribution in [0.4, 0.5) is 0 Å². The molecule has 1 fully saturated rings. The highest BCUT2D eigenvalue weighted by Crippen LogP contribution is 2.12. The van der Waals surface area contributed by atoms with Crippen molar-refractivity contribution in [2.24, 2.45) is 0 Å². The number of amides is 1. The standard InChI is InChI=1S/C12H16ClN3O/c1-9-8-16(6-5-15(9)2)12(17)10-3-4-11(13)14-7-10/h3-4,7,9H,5-6,8H2,1-2H3. The first-order valence-electron chi connectivity index (χ1n) is 5.69. The molecule has 1 atom stereocenters. The first-order chi connectivity index (χ1) is 8.08. The van der Waals surface area contributed by atoms with E-state index in [4.69, 9.17) is 11.6 Å². The monoisotopic (exact) mass is 253 g/mol. The number of carbonyl (C=O) groups is 1. The molecule has 0 spiro atoms. The van der Waals surface area contributed by atoms with Crippen LogP contribution in [0.5, 0.6) is 0 Å². The summed E-state index contributed by atoms with van der Waals surface area (Å²) in [6.07, 6.45) is 1.54. The summed E-state index contributed by atoms with van der Waals surface area (Å²) >= 11 is 5.70. The molecule has 0 radical (unpaired) electrons. The van der Waals surface area contributed by atoms with Gasteiger partial charge in [0.1, 0.15) is 5.15 Å². The number of carbonyl (C=O) groups excluding carboxylic acids is 1. The predicted molar refractivity (Wildman–Crippen MR) is 67.2 cm³/mol. The minimum Gasteiger partial charge on any atom is -0.336 e. The van der Waals surface area contributed by atoms with Gasteiger partial charge in [-0.2, -0.15) is 0 Å². The third kappa shape index (κ3) is 2.76. The van der Waals surface area contributed by atoms with Crippen molar-refractivity contribution in [1.29, 1.82) is 0 Å². The van der Waals surface area contributed by atoms with Crippen molar-refractivity contribution in [3.05, 3.63) is 29.0 Å². The third-order valence-corrected chi connectivity index (χ3v) is 3.44. The minimum atomic E-state index is 0.0362. The average molecular weight is 254 g/mol. The number of likely N-dealkylation sites (N-methyl/N-ethyl adjacent to an activating group) is 1.